The smallest absolute Gasteiger partial charge is 0.227 e. The minimum atomic E-state index is -0.269. The van der Waals surface area contributed by atoms with Gasteiger partial charge in [0.2, 0.25) is 5.91 Å². The first-order chi connectivity index (χ1) is 10.5. The normalized spacial score (nSPS) is 17.9. The molecular formula is C18H24N2O2. The molecule has 1 saturated heterocycles. The summed E-state index contributed by atoms with van der Waals surface area (Å²) in [7, 11) is 0. The minimum absolute atomic E-state index is 0.186. The number of carbonyl (C=O) groups excluding carboxylic acids is 1. The van der Waals surface area contributed by atoms with Crippen LogP contribution in [-0.2, 0) is 11.2 Å². The Morgan fingerprint density at radius 1 is 1.41 bits per heavy atom. The van der Waals surface area contributed by atoms with Crippen molar-refractivity contribution >= 4 is 16.8 Å². The number of aromatic nitrogens is 1. The Balaban J connectivity index is 1.66. The number of aryl methyl sites for hydroxylation is 1. The van der Waals surface area contributed by atoms with Crippen LogP contribution in [0.25, 0.3) is 10.9 Å². The van der Waals surface area contributed by atoms with Crippen LogP contribution in [0.3, 0.4) is 0 Å². The molecule has 1 aliphatic rings. The molecule has 1 unspecified atom stereocenters. The second-order valence-electron chi connectivity index (χ2n) is 6.50. The summed E-state index contributed by atoms with van der Waals surface area (Å²) >= 11 is 0. The lowest BCUT2D eigenvalue weighted by Gasteiger charge is -2.33. The quantitative estimate of drug-likeness (QED) is 0.915. The van der Waals surface area contributed by atoms with Gasteiger partial charge in [-0.15, -0.1) is 0 Å². The molecule has 4 heteroatoms. The van der Waals surface area contributed by atoms with E-state index < -0.39 is 0 Å². The maximum absolute atomic E-state index is 12.5. The highest BCUT2D eigenvalue weighted by Gasteiger charge is 2.25. The number of hydrogen-bond donors (Lipinski definition) is 2. The third kappa shape index (κ3) is 3.02. The van der Waals surface area contributed by atoms with Crippen molar-refractivity contribution < 1.29 is 9.90 Å². The molecule has 1 atom stereocenters. The predicted octanol–water partition coefficient (Wildman–Crippen LogP) is 2.64. The van der Waals surface area contributed by atoms with Gasteiger partial charge >= 0.3 is 0 Å². The van der Waals surface area contributed by atoms with Crippen LogP contribution < -0.4 is 0 Å². The van der Waals surface area contributed by atoms with Crippen LogP contribution in [0.15, 0.2) is 24.4 Å². The Hall–Kier alpha value is -1.81. The van der Waals surface area contributed by atoms with E-state index in [1.54, 1.807) is 0 Å². The lowest BCUT2D eigenvalue weighted by Crippen LogP contribution is -2.41. The SMILES string of the molecule is Cc1ccc2c(CC(=O)N3CCC(C(C)O)CC3)c[nH]c2c1. The fraction of sp³-hybridized carbons (Fsp3) is 0.500. The van der Waals surface area contributed by atoms with Crippen molar-refractivity contribution in [2.75, 3.05) is 13.1 Å². The van der Waals surface area contributed by atoms with Crippen LogP contribution in [-0.4, -0.2) is 40.1 Å². The number of aromatic amines is 1. The van der Waals surface area contributed by atoms with Crippen molar-refractivity contribution in [2.24, 2.45) is 5.92 Å². The van der Waals surface area contributed by atoms with E-state index in [9.17, 15) is 9.90 Å². The topological polar surface area (TPSA) is 56.3 Å². The molecule has 22 heavy (non-hydrogen) atoms. The van der Waals surface area contributed by atoms with Crippen molar-refractivity contribution in [3.63, 3.8) is 0 Å². The standard InChI is InChI=1S/C18H24N2O2/c1-12-3-4-16-15(11-19-17(16)9-12)10-18(22)20-7-5-14(6-8-20)13(2)21/h3-4,9,11,13-14,19,21H,5-8,10H2,1-2H3. The van der Waals surface area contributed by atoms with Gasteiger partial charge in [0.25, 0.3) is 0 Å². The number of amides is 1. The Morgan fingerprint density at radius 2 is 2.14 bits per heavy atom. The number of nitrogens with zero attached hydrogens (tertiary/aromatic N) is 1. The van der Waals surface area contributed by atoms with Gasteiger partial charge in [-0.2, -0.15) is 0 Å². The molecule has 2 N–H and O–H groups in total. The Morgan fingerprint density at radius 3 is 2.82 bits per heavy atom. The van der Waals surface area contributed by atoms with Gasteiger partial charge in [0.1, 0.15) is 0 Å². The number of nitrogens with one attached hydrogen (secondary N) is 1. The summed E-state index contributed by atoms with van der Waals surface area (Å²) in [5.74, 6) is 0.519. The van der Waals surface area contributed by atoms with Crippen LogP contribution in [0.1, 0.15) is 30.9 Å². The molecule has 0 aliphatic carbocycles. The fourth-order valence-corrected chi connectivity index (χ4v) is 3.35. The molecule has 4 nitrogen and oxygen atoms in total. The first kappa shape index (κ1) is 15.1. The van der Waals surface area contributed by atoms with Crippen LogP contribution in [0.4, 0.5) is 0 Å². The number of benzene rings is 1. The number of aliphatic hydroxyl groups excluding tert-OH is 1. The van der Waals surface area contributed by atoms with Crippen molar-refractivity contribution in [1.82, 2.24) is 9.88 Å². The van der Waals surface area contributed by atoms with E-state index in [0.29, 0.717) is 12.3 Å². The van der Waals surface area contributed by atoms with Crippen LogP contribution in [0.2, 0.25) is 0 Å². The first-order valence-corrected chi connectivity index (χ1v) is 8.07. The monoisotopic (exact) mass is 300 g/mol. The van der Waals surface area contributed by atoms with Crippen molar-refractivity contribution in [3.05, 3.63) is 35.5 Å². The summed E-state index contributed by atoms with van der Waals surface area (Å²) in [6, 6.07) is 6.28. The zero-order chi connectivity index (χ0) is 15.7. The first-order valence-electron chi connectivity index (χ1n) is 8.07. The van der Waals surface area contributed by atoms with E-state index in [1.165, 1.54) is 5.56 Å². The van der Waals surface area contributed by atoms with Gasteiger partial charge in [-0.25, -0.2) is 0 Å². The average Bonchev–Trinajstić information content (AvgIpc) is 2.89. The van der Waals surface area contributed by atoms with E-state index in [1.807, 2.05) is 18.0 Å². The highest BCUT2D eigenvalue weighted by molar-refractivity contribution is 5.89. The summed E-state index contributed by atoms with van der Waals surface area (Å²) in [5.41, 5.74) is 3.38. The molecule has 2 aromatic rings. The molecule has 0 saturated carbocycles. The fourth-order valence-electron chi connectivity index (χ4n) is 3.35. The van der Waals surface area contributed by atoms with E-state index in [4.69, 9.17) is 0 Å². The zero-order valence-corrected chi connectivity index (χ0v) is 13.3. The molecule has 2 heterocycles. The molecule has 0 spiro atoms. The van der Waals surface area contributed by atoms with Gasteiger partial charge in [0.15, 0.2) is 0 Å². The average molecular weight is 300 g/mol. The molecule has 0 radical (unpaired) electrons. The van der Waals surface area contributed by atoms with E-state index in [-0.39, 0.29) is 12.0 Å². The maximum atomic E-state index is 12.5. The molecule has 1 fully saturated rings. The van der Waals surface area contributed by atoms with Gasteiger partial charge in [0, 0.05) is 30.2 Å². The molecular weight excluding hydrogens is 276 g/mol. The number of rotatable bonds is 3. The Bertz CT molecular complexity index is 667. The van der Waals surface area contributed by atoms with Gasteiger partial charge in [0.05, 0.1) is 12.5 Å². The third-order valence-electron chi connectivity index (χ3n) is 4.84. The molecule has 1 aromatic carbocycles. The van der Waals surface area contributed by atoms with E-state index in [2.05, 4.69) is 30.1 Å². The Kier molecular flexibility index (Phi) is 4.21. The van der Waals surface area contributed by atoms with E-state index >= 15 is 0 Å². The predicted molar refractivity (Wildman–Crippen MR) is 87.7 cm³/mol. The maximum Gasteiger partial charge on any atom is 0.227 e. The number of likely N-dealkylation sites (tertiary alicyclic amines) is 1. The second kappa shape index (κ2) is 6.13. The van der Waals surface area contributed by atoms with Gasteiger partial charge < -0.3 is 15.0 Å². The molecule has 1 aromatic heterocycles. The number of fused-ring (bicyclic) bond motifs is 1. The van der Waals surface area contributed by atoms with Crippen LogP contribution >= 0.6 is 0 Å². The molecule has 0 bridgehead atoms. The summed E-state index contributed by atoms with van der Waals surface area (Å²) in [5, 5.41) is 10.8. The number of H-pyrrole nitrogens is 1. The highest BCUT2D eigenvalue weighted by atomic mass is 16.3. The minimum Gasteiger partial charge on any atom is -0.393 e. The number of piperidine rings is 1. The largest absolute Gasteiger partial charge is 0.393 e. The summed E-state index contributed by atoms with van der Waals surface area (Å²) < 4.78 is 0. The lowest BCUT2D eigenvalue weighted by molar-refractivity contribution is -0.132. The third-order valence-corrected chi connectivity index (χ3v) is 4.84. The summed E-state index contributed by atoms with van der Waals surface area (Å²) in [4.78, 5) is 17.7. The van der Waals surface area contributed by atoms with E-state index in [0.717, 1.165) is 42.4 Å². The van der Waals surface area contributed by atoms with Crippen LogP contribution in [0, 0.1) is 12.8 Å². The highest BCUT2D eigenvalue weighted by Crippen LogP contribution is 2.23. The van der Waals surface area contributed by atoms with Gasteiger partial charge in [-0.1, -0.05) is 12.1 Å². The molecule has 118 valence electrons. The zero-order valence-electron chi connectivity index (χ0n) is 13.3. The molecule has 1 amide bonds. The molecule has 3 rings (SSSR count). The number of aliphatic hydroxyl groups is 1. The molecule has 1 aliphatic heterocycles. The summed E-state index contributed by atoms with van der Waals surface area (Å²) in [6.45, 7) is 5.43. The van der Waals surface area contributed by atoms with Gasteiger partial charge in [-0.3, -0.25) is 4.79 Å². The number of hydrogen-bond acceptors (Lipinski definition) is 2. The number of carbonyl (C=O) groups is 1. The Labute approximate surface area is 131 Å². The lowest BCUT2D eigenvalue weighted by atomic mass is 9.92. The van der Waals surface area contributed by atoms with Gasteiger partial charge in [-0.05, 0) is 49.8 Å². The van der Waals surface area contributed by atoms with Crippen molar-refractivity contribution in [3.8, 4) is 0 Å². The van der Waals surface area contributed by atoms with Crippen molar-refractivity contribution in [1.29, 1.82) is 0 Å². The van der Waals surface area contributed by atoms with Crippen LogP contribution in [0.5, 0.6) is 0 Å². The van der Waals surface area contributed by atoms with Crippen molar-refractivity contribution in [2.45, 2.75) is 39.2 Å². The summed E-state index contributed by atoms with van der Waals surface area (Å²) in [6.07, 6.45) is 3.93. The second-order valence-corrected chi connectivity index (χ2v) is 6.50.